The number of hydrogen-bond donors (Lipinski definition) is 0. The molecule has 4 rings (SSSR count). The normalized spacial score (nSPS) is 17.7. The van der Waals surface area contributed by atoms with Crippen molar-refractivity contribution in [3.8, 4) is 0 Å². The lowest BCUT2D eigenvalue weighted by Gasteiger charge is -2.34. The van der Waals surface area contributed by atoms with Crippen molar-refractivity contribution in [2.45, 2.75) is 19.0 Å². The first-order chi connectivity index (χ1) is 12.6. The lowest BCUT2D eigenvalue weighted by atomic mass is 10.2. The van der Waals surface area contributed by atoms with Crippen molar-refractivity contribution in [2.75, 3.05) is 19.8 Å². The molecule has 0 saturated carbocycles. The minimum absolute atomic E-state index is 0.0646. The molecule has 1 fully saturated rings. The standard InChI is InChI=1S/C16H19N7O3/c1-20-15(17-11-18-20)12-10-26-9-8-21(12)14(24)5-7-23-16(25)22-6-3-2-4-13(22)19-23/h2-4,6,11-12H,5,7-10H2,1H3. The van der Waals surface area contributed by atoms with Crippen LogP contribution in [0.3, 0.4) is 0 Å². The molecule has 0 spiro atoms. The summed E-state index contributed by atoms with van der Waals surface area (Å²) < 4.78 is 9.95. The molecule has 1 aliphatic heterocycles. The molecular weight excluding hydrogens is 338 g/mol. The van der Waals surface area contributed by atoms with Gasteiger partial charge in [0.15, 0.2) is 11.5 Å². The van der Waals surface area contributed by atoms with E-state index in [1.165, 1.54) is 15.4 Å². The number of carbonyl (C=O) groups is 1. The quantitative estimate of drug-likeness (QED) is 0.631. The average molecular weight is 357 g/mol. The zero-order valence-corrected chi connectivity index (χ0v) is 14.4. The summed E-state index contributed by atoms with van der Waals surface area (Å²) in [7, 11) is 1.79. The van der Waals surface area contributed by atoms with Crippen molar-refractivity contribution in [2.24, 2.45) is 7.05 Å². The Bertz CT molecular complexity index is 989. The molecule has 4 heterocycles. The summed E-state index contributed by atoms with van der Waals surface area (Å²) in [6.07, 6.45) is 3.30. The first-order valence-corrected chi connectivity index (χ1v) is 8.40. The molecular formula is C16H19N7O3. The van der Waals surface area contributed by atoms with E-state index in [1.54, 1.807) is 35.0 Å². The maximum absolute atomic E-state index is 12.8. The Labute approximate surface area is 148 Å². The van der Waals surface area contributed by atoms with Gasteiger partial charge in [0.2, 0.25) is 5.91 Å². The van der Waals surface area contributed by atoms with Gasteiger partial charge in [0.05, 0.1) is 19.8 Å². The minimum atomic E-state index is -0.276. The highest BCUT2D eigenvalue weighted by Crippen LogP contribution is 2.22. The van der Waals surface area contributed by atoms with Crippen LogP contribution in [0.15, 0.2) is 35.5 Å². The van der Waals surface area contributed by atoms with Crippen molar-refractivity contribution in [1.29, 1.82) is 0 Å². The second kappa shape index (κ2) is 6.71. The number of morpholine rings is 1. The largest absolute Gasteiger partial charge is 0.377 e. The highest BCUT2D eigenvalue weighted by Gasteiger charge is 2.31. The van der Waals surface area contributed by atoms with Crippen LogP contribution in [0.5, 0.6) is 0 Å². The van der Waals surface area contributed by atoms with Crippen molar-refractivity contribution >= 4 is 11.6 Å². The van der Waals surface area contributed by atoms with Gasteiger partial charge in [-0.3, -0.25) is 13.9 Å². The van der Waals surface area contributed by atoms with E-state index in [1.807, 2.05) is 6.07 Å². The fourth-order valence-corrected chi connectivity index (χ4v) is 3.18. The molecule has 26 heavy (non-hydrogen) atoms. The molecule has 0 aliphatic carbocycles. The maximum atomic E-state index is 12.8. The molecule has 1 aliphatic rings. The lowest BCUT2D eigenvalue weighted by Crippen LogP contribution is -2.44. The molecule has 1 unspecified atom stereocenters. The number of rotatable bonds is 4. The van der Waals surface area contributed by atoms with Gasteiger partial charge in [-0.15, -0.1) is 5.10 Å². The van der Waals surface area contributed by atoms with Gasteiger partial charge in [-0.05, 0) is 12.1 Å². The van der Waals surface area contributed by atoms with Gasteiger partial charge in [0, 0.05) is 26.2 Å². The van der Waals surface area contributed by atoms with E-state index in [9.17, 15) is 9.59 Å². The number of hydrogen-bond acceptors (Lipinski definition) is 6. The summed E-state index contributed by atoms with van der Waals surface area (Å²) in [6, 6.07) is 5.06. The number of amides is 1. The average Bonchev–Trinajstić information content (AvgIpc) is 3.23. The van der Waals surface area contributed by atoms with E-state index < -0.39 is 0 Å². The van der Waals surface area contributed by atoms with Crippen LogP contribution in [0.1, 0.15) is 18.3 Å². The van der Waals surface area contributed by atoms with Crippen LogP contribution in [0, 0.1) is 0 Å². The van der Waals surface area contributed by atoms with Gasteiger partial charge in [-0.1, -0.05) is 6.07 Å². The van der Waals surface area contributed by atoms with E-state index in [2.05, 4.69) is 15.2 Å². The molecule has 1 amide bonds. The van der Waals surface area contributed by atoms with Gasteiger partial charge < -0.3 is 9.64 Å². The van der Waals surface area contributed by atoms with Crippen molar-refractivity contribution in [1.82, 2.24) is 33.8 Å². The molecule has 0 bridgehead atoms. The van der Waals surface area contributed by atoms with E-state index in [0.29, 0.717) is 31.2 Å². The SMILES string of the molecule is Cn1ncnc1C1COCCN1C(=O)CCn1nc2ccccn2c1=O. The minimum Gasteiger partial charge on any atom is -0.377 e. The highest BCUT2D eigenvalue weighted by molar-refractivity contribution is 5.76. The molecule has 3 aromatic heterocycles. The smallest absolute Gasteiger partial charge is 0.350 e. The second-order valence-electron chi connectivity index (χ2n) is 6.10. The van der Waals surface area contributed by atoms with Crippen molar-refractivity contribution in [3.05, 3.63) is 47.0 Å². The maximum Gasteiger partial charge on any atom is 0.350 e. The fourth-order valence-electron chi connectivity index (χ4n) is 3.18. The van der Waals surface area contributed by atoms with E-state index in [4.69, 9.17) is 4.74 Å². The zero-order valence-electron chi connectivity index (χ0n) is 14.4. The number of aryl methyl sites for hydroxylation is 2. The molecule has 3 aromatic rings. The van der Waals surface area contributed by atoms with E-state index >= 15 is 0 Å². The van der Waals surface area contributed by atoms with Gasteiger partial charge in [0.25, 0.3) is 0 Å². The first-order valence-electron chi connectivity index (χ1n) is 8.40. The Kier molecular flexibility index (Phi) is 4.25. The molecule has 10 nitrogen and oxygen atoms in total. The number of ether oxygens (including phenoxy) is 1. The third kappa shape index (κ3) is 2.88. The molecule has 10 heteroatoms. The van der Waals surface area contributed by atoms with Crippen LogP contribution in [0.25, 0.3) is 5.65 Å². The van der Waals surface area contributed by atoms with Crippen LogP contribution in [-0.4, -0.2) is 59.5 Å². The third-order valence-electron chi connectivity index (χ3n) is 4.52. The fraction of sp³-hybridized carbons (Fsp3) is 0.438. The van der Waals surface area contributed by atoms with Crippen LogP contribution >= 0.6 is 0 Å². The Morgan fingerprint density at radius 1 is 1.38 bits per heavy atom. The summed E-state index contributed by atoms with van der Waals surface area (Å²) in [5, 5.41) is 8.33. The Balaban J connectivity index is 1.50. The zero-order chi connectivity index (χ0) is 18.1. The number of carbonyl (C=O) groups excluding carboxylic acids is 1. The number of nitrogens with zero attached hydrogens (tertiary/aromatic N) is 7. The Hall–Kier alpha value is -3.01. The number of aromatic nitrogens is 6. The molecule has 0 radical (unpaired) electrons. The van der Waals surface area contributed by atoms with Gasteiger partial charge >= 0.3 is 5.69 Å². The molecule has 0 aromatic carbocycles. The molecule has 1 saturated heterocycles. The topological polar surface area (TPSA) is 99.6 Å². The third-order valence-corrected chi connectivity index (χ3v) is 4.52. The summed E-state index contributed by atoms with van der Waals surface area (Å²) in [5.74, 6) is 0.619. The highest BCUT2D eigenvalue weighted by atomic mass is 16.5. The van der Waals surface area contributed by atoms with E-state index in [-0.39, 0.29) is 30.6 Å². The molecule has 1 atom stereocenters. The summed E-state index contributed by atoms with van der Waals surface area (Å²) in [4.78, 5) is 31.1. The van der Waals surface area contributed by atoms with Crippen molar-refractivity contribution < 1.29 is 9.53 Å². The Morgan fingerprint density at radius 3 is 3.04 bits per heavy atom. The van der Waals surface area contributed by atoms with Gasteiger partial charge in [0.1, 0.15) is 12.4 Å². The second-order valence-corrected chi connectivity index (χ2v) is 6.10. The van der Waals surface area contributed by atoms with Gasteiger partial charge in [-0.2, -0.15) is 5.10 Å². The van der Waals surface area contributed by atoms with Crippen LogP contribution in [-0.2, 0) is 23.1 Å². The summed E-state index contributed by atoms with van der Waals surface area (Å²) in [6.45, 7) is 1.57. The van der Waals surface area contributed by atoms with Crippen LogP contribution < -0.4 is 5.69 Å². The molecule has 0 N–H and O–H groups in total. The van der Waals surface area contributed by atoms with E-state index in [0.717, 1.165) is 0 Å². The molecule has 136 valence electrons. The summed E-state index contributed by atoms with van der Waals surface area (Å²) in [5.41, 5.74) is 0.313. The predicted octanol–water partition coefficient (Wildman–Crippen LogP) is -0.385. The van der Waals surface area contributed by atoms with Crippen molar-refractivity contribution in [3.63, 3.8) is 0 Å². The predicted molar refractivity (Wildman–Crippen MR) is 90.3 cm³/mol. The monoisotopic (exact) mass is 357 g/mol. The summed E-state index contributed by atoms with van der Waals surface area (Å²) >= 11 is 0. The Morgan fingerprint density at radius 2 is 2.27 bits per heavy atom. The number of fused-ring (bicyclic) bond motifs is 1. The lowest BCUT2D eigenvalue weighted by molar-refractivity contribution is -0.141. The first kappa shape index (κ1) is 16.5. The van der Waals surface area contributed by atoms with Crippen LogP contribution in [0.4, 0.5) is 0 Å². The number of pyridine rings is 1. The van der Waals surface area contributed by atoms with Gasteiger partial charge in [-0.25, -0.2) is 14.5 Å². The van der Waals surface area contributed by atoms with Crippen LogP contribution in [0.2, 0.25) is 0 Å².